The molecular formula is C32H54N4O6. The van der Waals surface area contributed by atoms with E-state index in [0.29, 0.717) is 13.0 Å². The van der Waals surface area contributed by atoms with Crippen LogP contribution in [0.5, 0.6) is 0 Å². The maximum Gasteiger partial charge on any atom is 0.317 e. The zero-order valence-corrected chi connectivity index (χ0v) is 27.0. The van der Waals surface area contributed by atoms with Crippen molar-refractivity contribution < 1.29 is 29.0 Å². The summed E-state index contributed by atoms with van der Waals surface area (Å²) in [7, 11) is 4.90. The second-order valence-corrected chi connectivity index (χ2v) is 12.0. The Kier molecular flexibility index (Phi) is 14.2. The summed E-state index contributed by atoms with van der Waals surface area (Å²) in [4.78, 5) is 43.4. The molecule has 0 bridgehead atoms. The Bertz CT molecular complexity index is 992. The van der Waals surface area contributed by atoms with Gasteiger partial charge in [0, 0.05) is 33.9 Å². The minimum atomic E-state index is -0.849. The molecule has 1 fully saturated rings. The minimum absolute atomic E-state index is 0.0136. The lowest BCUT2D eigenvalue weighted by atomic mass is 9.90. The second-order valence-electron chi connectivity index (χ2n) is 12.0. The first-order valence-corrected chi connectivity index (χ1v) is 15.3. The van der Waals surface area contributed by atoms with Crippen molar-refractivity contribution in [3.05, 3.63) is 35.9 Å². The molecule has 1 saturated heterocycles. The number of aliphatic hydroxyl groups is 1. The first-order valence-electron chi connectivity index (χ1n) is 15.3. The number of carbonyl (C=O) groups is 3. The monoisotopic (exact) mass is 590 g/mol. The minimum Gasteiger partial charge on any atom is -0.386 e. The number of likely N-dealkylation sites (N-methyl/N-ethyl adjacent to an activating group) is 1. The highest BCUT2D eigenvalue weighted by Crippen LogP contribution is 2.29. The van der Waals surface area contributed by atoms with Gasteiger partial charge in [-0.15, -0.1) is 0 Å². The highest BCUT2D eigenvalue weighted by atomic mass is 16.5. The molecule has 10 heteroatoms. The molecule has 0 saturated carbocycles. The van der Waals surface area contributed by atoms with Gasteiger partial charge >= 0.3 is 6.03 Å². The molecule has 0 aromatic heterocycles. The molecule has 238 valence electrons. The summed E-state index contributed by atoms with van der Waals surface area (Å²) in [6.07, 6.45) is 0.572. The van der Waals surface area contributed by atoms with E-state index in [2.05, 4.69) is 24.5 Å². The van der Waals surface area contributed by atoms with Gasteiger partial charge in [-0.1, -0.05) is 57.5 Å². The van der Waals surface area contributed by atoms with Crippen LogP contribution in [0.1, 0.15) is 78.9 Å². The Morgan fingerprint density at radius 3 is 2.24 bits per heavy atom. The first kappa shape index (κ1) is 35.5. The lowest BCUT2D eigenvalue weighted by Crippen LogP contribution is -2.55. The molecule has 2 unspecified atom stereocenters. The number of benzene rings is 1. The van der Waals surface area contributed by atoms with Crippen LogP contribution in [0.15, 0.2) is 30.3 Å². The third-order valence-corrected chi connectivity index (χ3v) is 8.63. The summed E-state index contributed by atoms with van der Waals surface area (Å²) in [6.45, 7) is 12.1. The van der Waals surface area contributed by atoms with E-state index < -0.39 is 30.3 Å². The van der Waals surface area contributed by atoms with Gasteiger partial charge in [-0.05, 0) is 45.1 Å². The summed E-state index contributed by atoms with van der Waals surface area (Å²) in [5.74, 6) is -0.787. The van der Waals surface area contributed by atoms with Crippen LogP contribution in [0, 0.1) is 11.8 Å². The maximum absolute atomic E-state index is 13.8. The van der Waals surface area contributed by atoms with Crippen LogP contribution in [-0.4, -0.2) is 96.9 Å². The Morgan fingerprint density at radius 1 is 1.05 bits per heavy atom. The normalized spacial score (nSPS) is 20.3. The molecule has 1 aromatic carbocycles. The molecule has 0 spiro atoms. The number of amides is 4. The van der Waals surface area contributed by atoms with Gasteiger partial charge in [-0.3, -0.25) is 9.59 Å². The molecule has 1 aromatic rings. The van der Waals surface area contributed by atoms with Crippen molar-refractivity contribution in [2.24, 2.45) is 11.8 Å². The average Bonchev–Trinajstić information content (AvgIpc) is 3.46. The average molecular weight is 591 g/mol. The number of aliphatic hydroxyl groups excluding tert-OH is 1. The fourth-order valence-electron chi connectivity index (χ4n) is 6.02. The van der Waals surface area contributed by atoms with Gasteiger partial charge in [0.2, 0.25) is 11.8 Å². The molecule has 8 atom stereocenters. The highest BCUT2D eigenvalue weighted by molar-refractivity contribution is 5.80. The predicted octanol–water partition coefficient (Wildman–Crippen LogP) is 3.74. The molecule has 0 aliphatic carbocycles. The summed E-state index contributed by atoms with van der Waals surface area (Å²) in [5, 5.41) is 16.6. The number of likely N-dealkylation sites (tertiary alicyclic amines) is 1. The number of ether oxygens (including phenoxy) is 2. The molecule has 1 aliphatic heterocycles. The molecule has 42 heavy (non-hydrogen) atoms. The van der Waals surface area contributed by atoms with E-state index in [4.69, 9.17) is 9.47 Å². The summed E-state index contributed by atoms with van der Waals surface area (Å²) >= 11 is 0. The van der Waals surface area contributed by atoms with Crippen molar-refractivity contribution in [3.63, 3.8) is 0 Å². The lowest BCUT2D eigenvalue weighted by Gasteiger charge is -2.39. The Morgan fingerprint density at radius 2 is 1.69 bits per heavy atom. The van der Waals surface area contributed by atoms with E-state index in [9.17, 15) is 19.5 Å². The Hall–Kier alpha value is -2.69. The zero-order chi connectivity index (χ0) is 31.6. The number of hydrogen-bond donors (Lipinski definition) is 3. The third kappa shape index (κ3) is 9.15. The number of hydrogen-bond acceptors (Lipinski definition) is 6. The third-order valence-electron chi connectivity index (χ3n) is 8.63. The van der Waals surface area contributed by atoms with Crippen LogP contribution in [0.3, 0.4) is 0 Å². The van der Waals surface area contributed by atoms with Crippen molar-refractivity contribution in [1.82, 2.24) is 20.4 Å². The van der Waals surface area contributed by atoms with Gasteiger partial charge in [0.1, 0.15) is 0 Å². The molecule has 0 radical (unpaired) electrons. The number of nitrogens with zero attached hydrogens (tertiary/aromatic N) is 2. The Balaban J connectivity index is 2.15. The molecule has 2 rings (SSSR count). The van der Waals surface area contributed by atoms with Crippen LogP contribution >= 0.6 is 0 Å². The summed E-state index contributed by atoms with van der Waals surface area (Å²) < 4.78 is 11.7. The topological polar surface area (TPSA) is 120 Å². The standard InChI is InChI=1S/C32H54N4O6/c1-10-21(4)28(35(7)32(40)33-20(2)3)26(41-8)19-27(37)36-18-14-17-25(36)30(42-9)22(5)31(39)34-23(6)29(38)24-15-12-11-13-16-24/h11-13,15-16,20-23,25-26,28-30,38H,10,14,17-19H2,1-9H3,(H,33,40)(H,34,39)/t21?,22-,23?,25+,26-,28+,29-,30-/m1/s1. The van der Waals surface area contributed by atoms with Gasteiger partial charge in [0.25, 0.3) is 0 Å². The molecule has 10 nitrogen and oxygen atoms in total. The van der Waals surface area contributed by atoms with Crippen molar-refractivity contribution in [3.8, 4) is 0 Å². The molecule has 4 amide bonds. The van der Waals surface area contributed by atoms with Crippen LogP contribution in [0.2, 0.25) is 0 Å². The van der Waals surface area contributed by atoms with Crippen molar-refractivity contribution in [2.45, 2.75) is 110 Å². The number of rotatable bonds is 15. The molecule has 1 heterocycles. The molecule has 3 N–H and O–H groups in total. The largest absolute Gasteiger partial charge is 0.386 e. The zero-order valence-electron chi connectivity index (χ0n) is 27.0. The predicted molar refractivity (Wildman–Crippen MR) is 164 cm³/mol. The van der Waals surface area contributed by atoms with E-state index in [-0.39, 0.29) is 48.3 Å². The van der Waals surface area contributed by atoms with Crippen molar-refractivity contribution >= 4 is 17.8 Å². The quantitative estimate of drug-likeness (QED) is 0.286. The van der Waals surface area contributed by atoms with Crippen LogP contribution in [0.25, 0.3) is 0 Å². The summed E-state index contributed by atoms with van der Waals surface area (Å²) in [6, 6.07) is 7.92. The smallest absolute Gasteiger partial charge is 0.317 e. The van der Waals surface area contributed by atoms with Crippen molar-refractivity contribution in [2.75, 3.05) is 27.8 Å². The lowest BCUT2D eigenvalue weighted by molar-refractivity contribution is -0.143. The second kappa shape index (κ2) is 16.8. The van der Waals surface area contributed by atoms with Gasteiger partial charge in [0.15, 0.2) is 0 Å². The molecular weight excluding hydrogens is 536 g/mol. The van der Waals surface area contributed by atoms with Crippen LogP contribution < -0.4 is 10.6 Å². The fraction of sp³-hybridized carbons (Fsp3) is 0.719. The maximum atomic E-state index is 13.8. The number of nitrogens with one attached hydrogen (secondary N) is 2. The molecule has 1 aliphatic rings. The van der Waals surface area contributed by atoms with Gasteiger partial charge < -0.3 is 35.0 Å². The highest BCUT2D eigenvalue weighted by Gasteiger charge is 2.42. The van der Waals surface area contributed by atoms with Crippen LogP contribution in [0.4, 0.5) is 4.79 Å². The summed E-state index contributed by atoms with van der Waals surface area (Å²) in [5.41, 5.74) is 0.726. The first-order chi connectivity index (χ1) is 19.9. The fourth-order valence-corrected chi connectivity index (χ4v) is 6.02. The number of methoxy groups -OCH3 is 2. The van der Waals surface area contributed by atoms with E-state index in [1.54, 1.807) is 40.0 Å². The van der Waals surface area contributed by atoms with Crippen molar-refractivity contribution in [1.29, 1.82) is 0 Å². The Labute approximate surface area is 252 Å². The van der Waals surface area contributed by atoms with E-state index in [1.165, 1.54) is 0 Å². The van der Waals surface area contributed by atoms with Crippen LogP contribution in [-0.2, 0) is 19.1 Å². The van der Waals surface area contributed by atoms with E-state index in [1.807, 2.05) is 49.1 Å². The number of urea groups is 1. The van der Waals surface area contributed by atoms with E-state index >= 15 is 0 Å². The SMILES string of the molecule is CCC(C)[C@@H]([C@@H](CC(=O)N1CCC[C@H]1[C@H](OC)[C@@H](C)C(=O)NC(C)[C@@H](O)c1ccccc1)OC)N(C)C(=O)NC(C)C. The van der Waals surface area contributed by atoms with Gasteiger partial charge in [0.05, 0.1) is 48.8 Å². The van der Waals surface area contributed by atoms with Gasteiger partial charge in [-0.25, -0.2) is 4.79 Å². The van der Waals surface area contributed by atoms with Gasteiger partial charge in [-0.2, -0.15) is 0 Å². The number of carbonyl (C=O) groups excluding carboxylic acids is 3. The van der Waals surface area contributed by atoms with E-state index in [0.717, 1.165) is 18.4 Å².